The number of thioether (sulfide) groups is 1. The Bertz CT molecular complexity index is 279. The van der Waals surface area contributed by atoms with Gasteiger partial charge in [0.25, 0.3) is 0 Å². The van der Waals surface area contributed by atoms with E-state index in [1.165, 1.54) is 25.0 Å². The van der Waals surface area contributed by atoms with E-state index in [2.05, 4.69) is 12.2 Å². The van der Waals surface area contributed by atoms with E-state index in [0.29, 0.717) is 23.8 Å². The Kier molecular flexibility index (Phi) is 7.55. The lowest BCUT2D eigenvalue weighted by molar-refractivity contribution is -0.132. The lowest BCUT2D eigenvalue weighted by atomic mass is 9.85. The maximum Gasteiger partial charge on any atom is 0.222 e. The van der Waals surface area contributed by atoms with E-state index in [1.807, 2.05) is 23.7 Å². The van der Waals surface area contributed by atoms with Gasteiger partial charge in [0, 0.05) is 25.3 Å². The summed E-state index contributed by atoms with van der Waals surface area (Å²) in [5.74, 6) is 3.89. The Hall–Kier alpha value is 0.0700. The molecule has 3 unspecified atom stereocenters. The third-order valence-corrected chi connectivity index (χ3v) is 5.63. The summed E-state index contributed by atoms with van der Waals surface area (Å²) in [7, 11) is 1.99. The van der Waals surface area contributed by atoms with Gasteiger partial charge in [-0.25, -0.2) is 0 Å². The molecule has 0 radical (unpaired) electrons. The Balaban J connectivity index is 0.00000180. The highest BCUT2D eigenvalue weighted by Gasteiger charge is 2.27. The van der Waals surface area contributed by atoms with Crippen molar-refractivity contribution in [2.24, 2.45) is 11.8 Å². The molecule has 0 aromatic rings. The summed E-state index contributed by atoms with van der Waals surface area (Å²) in [4.78, 5) is 14.3. The Morgan fingerprint density at radius 3 is 2.84 bits per heavy atom. The number of amides is 1. The van der Waals surface area contributed by atoms with Gasteiger partial charge in [-0.15, -0.1) is 12.4 Å². The molecule has 2 fully saturated rings. The van der Waals surface area contributed by atoms with Crippen LogP contribution in [0.4, 0.5) is 0 Å². The molecule has 0 bridgehead atoms. The first kappa shape index (κ1) is 17.1. The molecule has 1 N–H and O–H groups in total. The standard InChI is InChI=1S/C14H26N2OS.ClH/c1-11(12-4-3-6-15-9-12)8-14(17)16(2)13-5-7-18-10-13;/h11-13,15H,3-10H2,1-2H3;1H. The largest absolute Gasteiger partial charge is 0.342 e. The van der Waals surface area contributed by atoms with Crippen molar-refractivity contribution in [3.63, 3.8) is 0 Å². The predicted octanol–water partition coefficient (Wildman–Crippen LogP) is 2.40. The van der Waals surface area contributed by atoms with Crippen LogP contribution in [0.3, 0.4) is 0 Å². The molecule has 0 saturated carbocycles. The maximum absolute atomic E-state index is 12.3. The highest BCUT2D eigenvalue weighted by Crippen LogP contribution is 2.25. The Labute approximate surface area is 127 Å². The fraction of sp³-hybridized carbons (Fsp3) is 0.929. The summed E-state index contributed by atoms with van der Waals surface area (Å²) in [6.45, 7) is 4.49. The van der Waals surface area contributed by atoms with Crippen molar-refractivity contribution in [3.8, 4) is 0 Å². The smallest absolute Gasteiger partial charge is 0.222 e. The SMILES string of the molecule is CC(CC(=O)N(C)C1CCSC1)C1CCCNC1.Cl. The molecule has 1 amide bonds. The fourth-order valence-electron chi connectivity index (χ4n) is 2.98. The molecule has 0 aliphatic carbocycles. The van der Waals surface area contributed by atoms with Crippen molar-refractivity contribution in [2.75, 3.05) is 31.6 Å². The molecule has 5 heteroatoms. The van der Waals surface area contributed by atoms with Crippen molar-refractivity contribution in [1.29, 1.82) is 0 Å². The quantitative estimate of drug-likeness (QED) is 0.865. The molecule has 2 heterocycles. The van der Waals surface area contributed by atoms with Crippen LogP contribution in [-0.4, -0.2) is 48.5 Å². The van der Waals surface area contributed by atoms with Crippen molar-refractivity contribution < 1.29 is 4.79 Å². The average Bonchev–Trinajstić information content (AvgIpc) is 2.92. The number of carbonyl (C=O) groups is 1. The van der Waals surface area contributed by atoms with E-state index in [1.54, 1.807) is 0 Å². The number of hydrogen-bond donors (Lipinski definition) is 1. The number of carbonyl (C=O) groups excluding carboxylic acids is 1. The Morgan fingerprint density at radius 2 is 2.26 bits per heavy atom. The third kappa shape index (κ3) is 4.83. The van der Waals surface area contributed by atoms with Crippen LogP contribution < -0.4 is 5.32 Å². The van der Waals surface area contributed by atoms with E-state index >= 15 is 0 Å². The van der Waals surface area contributed by atoms with Crippen LogP contribution in [0.25, 0.3) is 0 Å². The molecule has 0 spiro atoms. The average molecular weight is 307 g/mol. The van der Waals surface area contributed by atoms with Crippen LogP contribution in [-0.2, 0) is 4.79 Å². The lowest BCUT2D eigenvalue weighted by Crippen LogP contribution is -2.40. The van der Waals surface area contributed by atoms with Gasteiger partial charge in [0.2, 0.25) is 5.91 Å². The molecule has 112 valence electrons. The van der Waals surface area contributed by atoms with Crippen LogP contribution in [0.1, 0.15) is 32.6 Å². The van der Waals surface area contributed by atoms with Crippen LogP contribution in [0, 0.1) is 11.8 Å². The zero-order valence-electron chi connectivity index (χ0n) is 12.1. The molecule has 0 aromatic carbocycles. The molecule has 2 aliphatic heterocycles. The van der Waals surface area contributed by atoms with Crippen LogP contribution in [0.15, 0.2) is 0 Å². The zero-order chi connectivity index (χ0) is 13.0. The summed E-state index contributed by atoms with van der Waals surface area (Å²) in [5.41, 5.74) is 0. The van der Waals surface area contributed by atoms with Gasteiger partial charge in [0.1, 0.15) is 0 Å². The first-order valence-electron chi connectivity index (χ1n) is 7.22. The van der Waals surface area contributed by atoms with E-state index in [0.717, 1.165) is 25.3 Å². The minimum Gasteiger partial charge on any atom is -0.342 e. The second-order valence-electron chi connectivity index (χ2n) is 5.81. The van der Waals surface area contributed by atoms with Crippen LogP contribution in [0.5, 0.6) is 0 Å². The van der Waals surface area contributed by atoms with Crippen LogP contribution in [0.2, 0.25) is 0 Å². The molecular formula is C14H27ClN2OS. The number of halogens is 1. The van der Waals surface area contributed by atoms with Crippen molar-refractivity contribution in [2.45, 2.75) is 38.6 Å². The van der Waals surface area contributed by atoms with Crippen molar-refractivity contribution >= 4 is 30.1 Å². The summed E-state index contributed by atoms with van der Waals surface area (Å²) < 4.78 is 0. The first-order chi connectivity index (χ1) is 8.68. The second-order valence-corrected chi connectivity index (χ2v) is 6.96. The number of rotatable bonds is 4. The topological polar surface area (TPSA) is 32.3 Å². The minimum absolute atomic E-state index is 0. The highest BCUT2D eigenvalue weighted by atomic mass is 35.5. The summed E-state index contributed by atoms with van der Waals surface area (Å²) in [6, 6.07) is 0.485. The summed E-state index contributed by atoms with van der Waals surface area (Å²) in [6.07, 6.45) is 4.44. The molecule has 0 aromatic heterocycles. The van der Waals surface area contributed by atoms with E-state index in [-0.39, 0.29) is 12.4 Å². The zero-order valence-corrected chi connectivity index (χ0v) is 13.7. The number of hydrogen-bond acceptors (Lipinski definition) is 3. The number of piperidine rings is 1. The third-order valence-electron chi connectivity index (χ3n) is 4.48. The van der Waals surface area contributed by atoms with E-state index < -0.39 is 0 Å². The second kappa shape index (κ2) is 8.38. The lowest BCUT2D eigenvalue weighted by Gasteiger charge is -2.30. The summed E-state index contributed by atoms with van der Waals surface area (Å²) in [5, 5.41) is 3.45. The van der Waals surface area contributed by atoms with E-state index in [4.69, 9.17) is 0 Å². The highest BCUT2D eigenvalue weighted by molar-refractivity contribution is 7.99. The number of nitrogens with one attached hydrogen (secondary N) is 1. The van der Waals surface area contributed by atoms with Gasteiger partial charge in [0.05, 0.1) is 0 Å². The maximum atomic E-state index is 12.3. The molecule has 3 nitrogen and oxygen atoms in total. The van der Waals surface area contributed by atoms with Crippen molar-refractivity contribution in [3.05, 3.63) is 0 Å². The van der Waals surface area contributed by atoms with Gasteiger partial charge in [0.15, 0.2) is 0 Å². The minimum atomic E-state index is 0. The van der Waals surface area contributed by atoms with E-state index in [9.17, 15) is 4.79 Å². The van der Waals surface area contributed by atoms with Gasteiger partial charge in [-0.2, -0.15) is 11.8 Å². The molecule has 2 aliphatic rings. The first-order valence-corrected chi connectivity index (χ1v) is 8.38. The molecule has 2 saturated heterocycles. The van der Waals surface area contributed by atoms with Crippen LogP contribution >= 0.6 is 24.2 Å². The predicted molar refractivity (Wildman–Crippen MR) is 85.1 cm³/mol. The molecule has 19 heavy (non-hydrogen) atoms. The normalized spacial score (nSPS) is 28.5. The van der Waals surface area contributed by atoms with Gasteiger partial charge in [-0.3, -0.25) is 4.79 Å². The monoisotopic (exact) mass is 306 g/mol. The number of nitrogens with zero attached hydrogens (tertiary/aromatic N) is 1. The van der Waals surface area contributed by atoms with Gasteiger partial charge in [-0.1, -0.05) is 6.92 Å². The molecule has 2 rings (SSSR count). The van der Waals surface area contributed by atoms with Gasteiger partial charge in [-0.05, 0) is 49.9 Å². The summed E-state index contributed by atoms with van der Waals surface area (Å²) >= 11 is 1.97. The molecular weight excluding hydrogens is 280 g/mol. The van der Waals surface area contributed by atoms with Gasteiger partial charge >= 0.3 is 0 Å². The van der Waals surface area contributed by atoms with Crippen molar-refractivity contribution in [1.82, 2.24) is 10.2 Å². The molecule has 3 atom stereocenters. The Morgan fingerprint density at radius 1 is 1.47 bits per heavy atom. The fourth-order valence-corrected chi connectivity index (χ4v) is 4.25. The van der Waals surface area contributed by atoms with Gasteiger partial charge < -0.3 is 10.2 Å².